The zero-order valence-electron chi connectivity index (χ0n) is 12.4. The monoisotopic (exact) mass is 297 g/mol. The van der Waals surface area contributed by atoms with Crippen molar-refractivity contribution in [1.29, 1.82) is 0 Å². The number of rotatable bonds is 3. The quantitative estimate of drug-likeness (QED) is 0.932. The highest BCUT2D eigenvalue weighted by atomic mass is 19.1. The highest BCUT2D eigenvalue weighted by molar-refractivity contribution is 5.84. The predicted molar refractivity (Wildman–Crippen MR) is 75.9 cm³/mol. The van der Waals surface area contributed by atoms with Crippen LogP contribution in [0.15, 0.2) is 24.3 Å². The van der Waals surface area contributed by atoms with Crippen LogP contribution >= 0.6 is 0 Å². The van der Waals surface area contributed by atoms with Gasteiger partial charge >= 0.3 is 0 Å². The lowest BCUT2D eigenvalue weighted by Crippen LogP contribution is -2.47. The maximum absolute atomic E-state index is 13.6. The van der Waals surface area contributed by atoms with Gasteiger partial charge in [0.05, 0.1) is 6.10 Å². The van der Waals surface area contributed by atoms with Gasteiger partial charge in [0.1, 0.15) is 5.82 Å². The number of benzene rings is 1. The van der Waals surface area contributed by atoms with Gasteiger partial charge in [-0.25, -0.2) is 8.78 Å². The molecule has 2 rings (SSSR count). The summed E-state index contributed by atoms with van der Waals surface area (Å²) in [6.45, 7) is 3.40. The second kappa shape index (κ2) is 6.10. The fourth-order valence-corrected chi connectivity index (χ4v) is 2.73. The molecule has 1 atom stereocenters. The summed E-state index contributed by atoms with van der Waals surface area (Å²) in [5.41, 5.74) is -1.19. The Morgan fingerprint density at radius 3 is 2.29 bits per heavy atom. The second-order valence-electron chi connectivity index (χ2n) is 6.10. The normalized spacial score (nSPS) is 18.6. The SMILES string of the molecule is CC(C)(F)C(=O)N1CCC(C(O)c2ccc(F)cc2)CC1. The highest BCUT2D eigenvalue weighted by Gasteiger charge is 2.35. The summed E-state index contributed by atoms with van der Waals surface area (Å²) in [6.07, 6.45) is 0.544. The summed E-state index contributed by atoms with van der Waals surface area (Å²) in [4.78, 5) is 13.4. The Hall–Kier alpha value is -1.49. The number of amides is 1. The molecule has 1 aromatic carbocycles. The largest absolute Gasteiger partial charge is 0.388 e. The van der Waals surface area contributed by atoms with Crippen molar-refractivity contribution in [3.63, 3.8) is 0 Å². The van der Waals surface area contributed by atoms with E-state index in [1.807, 2.05) is 0 Å². The second-order valence-corrected chi connectivity index (χ2v) is 6.10. The number of carbonyl (C=O) groups is 1. The number of aliphatic hydroxyl groups is 1. The molecule has 1 aromatic rings. The van der Waals surface area contributed by atoms with Crippen molar-refractivity contribution in [2.45, 2.75) is 38.5 Å². The molecule has 1 aliphatic rings. The standard InChI is InChI=1S/C16H21F2NO2/c1-16(2,18)15(21)19-9-7-12(8-10-19)14(20)11-3-5-13(17)6-4-11/h3-6,12,14,20H,7-10H2,1-2H3. The molecule has 5 heteroatoms. The van der Waals surface area contributed by atoms with Gasteiger partial charge in [-0.05, 0) is 50.3 Å². The fourth-order valence-electron chi connectivity index (χ4n) is 2.73. The third-order valence-corrected chi connectivity index (χ3v) is 3.99. The summed E-state index contributed by atoms with van der Waals surface area (Å²) in [7, 11) is 0. The molecule has 1 fully saturated rings. The Kier molecular flexibility index (Phi) is 4.61. The van der Waals surface area contributed by atoms with Gasteiger partial charge in [-0.2, -0.15) is 0 Å². The molecule has 0 radical (unpaired) electrons. The molecule has 21 heavy (non-hydrogen) atoms. The Morgan fingerprint density at radius 2 is 1.81 bits per heavy atom. The van der Waals surface area contributed by atoms with E-state index in [0.29, 0.717) is 31.5 Å². The van der Waals surface area contributed by atoms with E-state index in [0.717, 1.165) is 0 Å². The van der Waals surface area contributed by atoms with E-state index in [-0.39, 0.29) is 11.7 Å². The van der Waals surface area contributed by atoms with E-state index in [9.17, 15) is 18.7 Å². The van der Waals surface area contributed by atoms with Gasteiger partial charge in [-0.15, -0.1) is 0 Å². The molecule has 0 aliphatic carbocycles. The van der Waals surface area contributed by atoms with Crippen molar-refractivity contribution in [1.82, 2.24) is 4.90 Å². The number of piperidine rings is 1. The lowest BCUT2D eigenvalue weighted by Gasteiger charge is -2.36. The predicted octanol–water partition coefficient (Wildman–Crippen LogP) is 2.85. The van der Waals surface area contributed by atoms with E-state index >= 15 is 0 Å². The number of nitrogens with zero attached hydrogens (tertiary/aromatic N) is 1. The molecule has 1 heterocycles. The van der Waals surface area contributed by atoms with E-state index < -0.39 is 17.7 Å². The summed E-state index contributed by atoms with van der Waals surface area (Å²) in [5, 5.41) is 10.3. The zero-order valence-corrected chi connectivity index (χ0v) is 12.4. The van der Waals surface area contributed by atoms with Gasteiger partial charge in [0.15, 0.2) is 5.67 Å². The Balaban J connectivity index is 1.94. The van der Waals surface area contributed by atoms with Gasteiger partial charge in [0.2, 0.25) is 0 Å². The maximum Gasteiger partial charge on any atom is 0.259 e. The van der Waals surface area contributed by atoms with Crippen LogP contribution in [-0.4, -0.2) is 34.7 Å². The summed E-state index contributed by atoms with van der Waals surface area (Å²) in [5.74, 6) is -0.837. The van der Waals surface area contributed by atoms with Gasteiger partial charge < -0.3 is 10.0 Å². The number of aliphatic hydroxyl groups excluding tert-OH is 1. The molecular formula is C16H21F2NO2. The average Bonchev–Trinajstić information content (AvgIpc) is 2.46. The van der Waals surface area contributed by atoms with E-state index in [2.05, 4.69) is 0 Å². The molecule has 1 N–H and O–H groups in total. The molecule has 1 aliphatic heterocycles. The fraction of sp³-hybridized carbons (Fsp3) is 0.562. The van der Waals surface area contributed by atoms with Gasteiger partial charge in [-0.3, -0.25) is 4.79 Å². The topological polar surface area (TPSA) is 40.5 Å². The van der Waals surface area contributed by atoms with E-state index in [1.165, 1.54) is 30.9 Å². The zero-order chi connectivity index (χ0) is 15.6. The molecule has 1 amide bonds. The molecule has 1 unspecified atom stereocenters. The first kappa shape index (κ1) is 15.9. The van der Waals surface area contributed by atoms with E-state index in [4.69, 9.17) is 0 Å². The van der Waals surface area contributed by atoms with Crippen molar-refractivity contribution in [3.8, 4) is 0 Å². The minimum absolute atomic E-state index is 0.00207. The van der Waals surface area contributed by atoms with Gasteiger partial charge in [0, 0.05) is 13.1 Å². The molecule has 116 valence electrons. The van der Waals surface area contributed by atoms with Crippen molar-refractivity contribution in [2.24, 2.45) is 5.92 Å². The van der Waals surface area contributed by atoms with Crippen molar-refractivity contribution in [2.75, 3.05) is 13.1 Å². The average molecular weight is 297 g/mol. The third kappa shape index (κ3) is 3.79. The van der Waals surface area contributed by atoms with Crippen LogP contribution in [-0.2, 0) is 4.79 Å². The Morgan fingerprint density at radius 1 is 1.29 bits per heavy atom. The summed E-state index contributed by atoms with van der Waals surface area (Å²) < 4.78 is 26.5. The number of halogens is 2. The molecule has 3 nitrogen and oxygen atoms in total. The molecule has 0 aromatic heterocycles. The minimum Gasteiger partial charge on any atom is -0.388 e. The van der Waals surface area contributed by atoms with Crippen LogP contribution in [0.25, 0.3) is 0 Å². The van der Waals surface area contributed by atoms with Crippen LogP contribution in [0.3, 0.4) is 0 Å². The lowest BCUT2D eigenvalue weighted by molar-refractivity contribution is -0.143. The number of likely N-dealkylation sites (tertiary alicyclic amines) is 1. The number of carbonyl (C=O) groups excluding carboxylic acids is 1. The van der Waals surface area contributed by atoms with Gasteiger partial charge in [-0.1, -0.05) is 12.1 Å². The Labute approximate surface area is 123 Å². The number of hydrogen-bond donors (Lipinski definition) is 1. The van der Waals surface area contributed by atoms with Gasteiger partial charge in [0.25, 0.3) is 5.91 Å². The smallest absolute Gasteiger partial charge is 0.259 e. The van der Waals surface area contributed by atoms with Crippen molar-refractivity contribution >= 4 is 5.91 Å². The molecular weight excluding hydrogens is 276 g/mol. The molecule has 0 spiro atoms. The number of hydrogen-bond acceptors (Lipinski definition) is 2. The number of alkyl halides is 1. The lowest BCUT2D eigenvalue weighted by atomic mass is 9.87. The Bertz CT molecular complexity index is 488. The summed E-state index contributed by atoms with van der Waals surface area (Å²) >= 11 is 0. The highest BCUT2D eigenvalue weighted by Crippen LogP contribution is 2.31. The van der Waals surface area contributed by atoms with Crippen LogP contribution in [0, 0.1) is 11.7 Å². The van der Waals surface area contributed by atoms with Crippen molar-refractivity contribution < 1.29 is 18.7 Å². The minimum atomic E-state index is -1.86. The third-order valence-electron chi connectivity index (χ3n) is 3.99. The van der Waals surface area contributed by atoms with E-state index in [1.54, 1.807) is 12.1 Å². The van der Waals surface area contributed by atoms with Crippen molar-refractivity contribution in [3.05, 3.63) is 35.6 Å². The molecule has 0 bridgehead atoms. The van der Waals surface area contributed by atoms with Crippen LogP contribution in [0.1, 0.15) is 38.4 Å². The van der Waals surface area contributed by atoms with Crippen LogP contribution in [0.5, 0.6) is 0 Å². The molecule has 0 saturated carbocycles. The maximum atomic E-state index is 13.6. The summed E-state index contributed by atoms with van der Waals surface area (Å²) in [6, 6.07) is 5.79. The first-order chi connectivity index (χ1) is 9.79. The molecule has 1 saturated heterocycles. The first-order valence-corrected chi connectivity index (χ1v) is 7.21. The van der Waals surface area contributed by atoms with Crippen LogP contribution in [0.2, 0.25) is 0 Å². The van der Waals surface area contributed by atoms with Crippen LogP contribution < -0.4 is 0 Å². The first-order valence-electron chi connectivity index (χ1n) is 7.21. The van der Waals surface area contributed by atoms with Crippen LogP contribution in [0.4, 0.5) is 8.78 Å².